The maximum absolute atomic E-state index is 13.7. The highest BCUT2D eigenvalue weighted by Crippen LogP contribution is 2.65. The summed E-state index contributed by atoms with van der Waals surface area (Å²) in [6.45, 7) is 9.66. The Balaban J connectivity index is 1.55. The van der Waals surface area contributed by atoms with Crippen LogP contribution in [0.1, 0.15) is 60.3 Å². The van der Waals surface area contributed by atoms with Crippen molar-refractivity contribution in [3.05, 3.63) is 0 Å². The zero-order valence-corrected chi connectivity index (χ0v) is 22.5. The number of ketones is 1. The van der Waals surface area contributed by atoms with Crippen molar-refractivity contribution >= 4 is 29.4 Å². The van der Waals surface area contributed by atoms with Gasteiger partial charge < -0.3 is 20.4 Å². The maximum Gasteiger partial charge on any atom is 0.471 e. The molecule has 2 saturated carbocycles. The Kier molecular flexibility index (Phi) is 7.10. The smallest absolute Gasteiger partial charge is 0.344 e. The van der Waals surface area contributed by atoms with Crippen LogP contribution in [0.3, 0.4) is 0 Å². The number of piperidine rings is 1. The van der Waals surface area contributed by atoms with Crippen LogP contribution in [0.4, 0.5) is 13.2 Å². The molecular formula is C26H37F3N4O5. The van der Waals surface area contributed by atoms with Crippen LogP contribution in [0.2, 0.25) is 0 Å². The molecular weight excluding hydrogens is 505 g/mol. The lowest BCUT2D eigenvalue weighted by atomic mass is 9.85. The van der Waals surface area contributed by atoms with Gasteiger partial charge in [-0.2, -0.15) is 13.2 Å². The van der Waals surface area contributed by atoms with Crippen molar-refractivity contribution in [2.24, 2.45) is 28.6 Å². The first kappa shape index (κ1) is 28.4. The van der Waals surface area contributed by atoms with Gasteiger partial charge in [-0.1, -0.05) is 47.5 Å². The summed E-state index contributed by atoms with van der Waals surface area (Å²) in [7, 11) is 0. The molecule has 2 heterocycles. The second-order valence-corrected chi connectivity index (χ2v) is 12.9. The van der Waals surface area contributed by atoms with Crippen molar-refractivity contribution in [2.75, 3.05) is 19.6 Å². The monoisotopic (exact) mass is 542 g/mol. The lowest BCUT2D eigenvalue weighted by Gasteiger charge is -2.38. The highest BCUT2D eigenvalue weighted by atomic mass is 19.4. The number of alkyl halides is 3. The topological polar surface area (TPSA) is 116 Å². The summed E-state index contributed by atoms with van der Waals surface area (Å²) in [6.07, 6.45) is -2.23. The lowest BCUT2D eigenvalue weighted by Crippen LogP contribution is -2.61. The summed E-state index contributed by atoms with van der Waals surface area (Å²) in [5, 5.41) is 4.57. The van der Waals surface area contributed by atoms with Crippen LogP contribution in [0.5, 0.6) is 0 Å². The third-order valence-electron chi connectivity index (χ3n) is 8.66. The highest BCUT2D eigenvalue weighted by molar-refractivity contribution is 6.38. The van der Waals surface area contributed by atoms with E-state index >= 15 is 0 Å². The fourth-order valence-electron chi connectivity index (χ4n) is 5.84. The maximum atomic E-state index is 13.7. The third kappa shape index (κ3) is 5.40. The Hall–Kier alpha value is -2.66. The predicted octanol–water partition coefficient (Wildman–Crippen LogP) is 1.65. The van der Waals surface area contributed by atoms with Crippen LogP contribution in [0.25, 0.3) is 0 Å². The van der Waals surface area contributed by atoms with Gasteiger partial charge in [0.25, 0.3) is 5.91 Å². The van der Waals surface area contributed by atoms with Gasteiger partial charge in [0.2, 0.25) is 17.6 Å². The Labute approximate surface area is 220 Å². The molecule has 0 aromatic rings. The molecule has 0 aromatic carbocycles. The van der Waals surface area contributed by atoms with Crippen LogP contribution in [-0.4, -0.2) is 83.1 Å². The summed E-state index contributed by atoms with van der Waals surface area (Å²) in [5.74, 6) is -5.00. The van der Waals surface area contributed by atoms with Crippen molar-refractivity contribution in [2.45, 2.75) is 84.6 Å². The van der Waals surface area contributed by atoms with Gasteiger partial charge in [0.15, 0.2) is 0 Å². The van der Waals surface area contributed by atoms with E-state index in [1.54, 1.807) is 0 Å². The molecule has 4 fully saturated rings. The summed E-state index contributed by atoms with van der Waals surface area (Å²) in [4.78, 5) is 67.4. The average molecular weight is 543 g/mol. The molecule has 2 N–H and O–H groups in total. The minimum absolute atomic E-state index is 0.0542. The molecule has 4 amide bonds. The van der Waals surface area contributed by atoms with Gasteiger partial charge in [0.05, 0.1) is 6.04 Å². The SMILES string of the molecule is CC1(C)C2CN(C(=O)[C@@H](NC(=O)C(F)(F)F)C(C)(C)C)C(C(=O)NC(CC3CC3)C(=O)C(=O)N3CCC3)C21. The largest absolute Gasteiger partial charge is 0.471 e. The first-order valence-corrected chi connectivity index (χ1v) is 13.3. The molecule has 2 aliphatic carbocycles. The predicted molar refractivity (Wildman–Crippen MR) is 129 cm³/mol. The minimum atomic E-state index is -5.17. The summed E-state index contributed by atoms with van der Waals surface area (Å²) in [6, 6.07) is -3.57. The van der Waals surface area contributed by atoms with Crippen LogP contribution in [0, 0.1) is 28.6 Å². The van der Waals surface area contributed by atoms with Crippen molar-refractivity contribution in [3.63, 3.8) is 0 Å². The molecule has 0 spiro atoms. The van der Waals surface area contributed by atoms with Crippen LogP contribution < -0.4 is 10.6 Å². The van der Waals surface area contributed by atoms with Gasteiger partial charge in [0, 0.05) is 19.6 Å². The van der Waals surface area contributed by atoms with Gasteiger partial charge in [0.1, 0.15) is 12.1 Å². The van der Waals surface area contributed by atoms with Crippen molar-refractivity contribution < 1.29 is 37.1 Å². The second kappa shape index (κ2) is 9.51. The molecule has 9 nitrogen and oxygen atoms in total. The molecule has 2 aliphatic heterocycles. The lowest BCUT2D eigenvalue weighted by molar-refractivity contribution is -0.176. The summed E-state index contributed by atoms with van der Waals surface area (Å²) in [5.41, 5.74) is -1.36. The Morgan fingerprint density at radius 3 is 2.08 bits per heavy atom. The number of rotatable bonds is 8. The van der Waals surface area contributed by atoms with E-state index in [-0.39, 0.29) is 29.7 Å². The standard InChI is InChI=1S/C26H37F3N4O5/c1-24(2,3)19(31-23(38)26(27,28)29)22(37)33-12-14-16(25(14,4)5)17(33)20(35)30-15(11-13-7-8-13)18(34)21(36)32-9-6-10-32/h13-17,19H,6-12H2,1-5H3,(H,30,35)(H,31,38)/t14?,15?,16?,17?,19-/m1/s1. The molecule has 4 unspecified atom stereocenters. The summed E-state index contributed by atoms with van der Waals surface area (Å²) < 4.78 is 39.1. The zero-order chi connectivity index (χ0) is 28.4. The third-order valence-corrected chi connectivity index (χ3v) is 8.66. The Morgan fingerprint density at radius 1 is 1.00 bits per heavy atom. The molecule has 0 aromatic heterocycles. The number of amides is 4. The number of fused-ring (bicyclic) bond motifs is 1. The van der Waals surface area contributed by atoms with Gasteiger partial charge in [-0.25, -0.2) is 0 Å². The number of nitrogens with one attached hydrogen (secondary N) is 2. The number of Topliss-reactive ketones (excluding diaryl/α,β-unsaturated/α-hetero) is 1. The molecule has 2 saturated heterocycles. The first-order valence-electron chi connectivity index (χ1n) is 13.3. The summed E-state index contributed by atoms with van der Waals surface area (Å²) >= 11 is 0. The van der Waals surface area contributed by atoms with Crippen molar-refractivity contribution in [1.82, 2.24) is 20.4 Å². The van der Waals surface area contributed by atoms with Crippen molar-refractivity contribution in [1.29, 1.82) is 0 Å². The number of hydrogen-bond acceptors (Lipinski definition) is 5. The average Bonchev–Trinajstić information content (AvgIpc) is 3.60. The quantitative estimate of drug-likeness (QED) is 0.453. The van der Waals surface area contributed by atoms with Crippen LogP contribution in [-0.2, 0) is 24.0 Å². The molecule has 38 heavy (non-hydrogen) atoms. The number of hydrogen-bond donors (Lipinski definition) is 2. The van der Waals surface area contributed by atoms with E-state index in [1.165, 1.54) is 30.6 Å². The van der Waals surface area contributed by atoms with Crippen molar-refractivity contribution in [3.8, 4) is 0 Å². The minimum Gasteiger partial charge on any atom is -0.344 e. The second-order valence-electron chi connectivity index (χ2n) is 12.9. The molecule has 12 heteroatoms. The van der Waals surface area contributed by atoms with E-state index in [4.69, 9.17) is 0 Å². The van der Waals surface area contributed by atoms with E-state index in [9.17, 15) is 37.1 Å². The fourth-order valence-corrected chi connectivity index (χ4v) is 5.84. The molecule has 0 radical (unpaired) electrons. The molecule has 212 valence electrons. The van der Waals surface area contributed by atoms with Gasteiger partial charge in [-0.15, -0.1) is 0 Å². The molecule has 5 atom stereocenters. The first-order chi connectivity index (χ1) is 17.4. The molecule has 4 aliphatic rings. The fraction of sp³-hybridized carbons (Fsp3) is 0.808. The van der Waals surface area contributed by atoms with E-state index in [2.05, 4.69) is 5.32 Å². The molecule has 0 bridgehead atoms. The number of nitrogens with zero attached hydrogens (tertiary/aromatic N) is 2. The Bertz CT molecular complexity index is 1030. The normalized spacial score (nSPS) is 27.5. The highest BCUT2D eigenvalue weighted by Gasteiger charge is 2.70. The van der Waals surface area contributed by atoms with Crippen LogP contribution >= 0.6 is 0 Å². The van der Waals surface area contributed by atoms with E-state index < -0.39 is 59.1 Å². The zero-order valence-electron chi connectivity index (χ0n) is 22.5. The molecule has 4 rings (SSSR count). The Morgan fingerprint density at radius 2 is 1.61 bits per heavy atom. The number of halogens is 3. The van der Waals surface area contributed by atoms with Gasteiger partial charge in [-0.05, 0) is 41.4 Å². The van der Waals surface area contributed by atoms with Gasteiger partial charge >= 0.3 is 12.1 Å². The van der Waals surface area contributed by atoms with E-state index in [1.807, 2.05) is 19.2 Å². The van der Waals surface area contributed by atoms with E-state index in [0.717, 1.165) is 19.3 Å². The van der Waals surface area contributed by atoms with E-state index in [0.29, 0.717) is 19.5 Å². The number of carbonyl (C=O) groups is 5. The number of likely N-dealkylation sites (tertiary alicyclic amines) is 2. The van der Waals surface area contributed by atoms with Gasteiger partial charge in [-0.3, -0.25) is 24.0 Å². The van der Waals surface area contributed by atoms with Crippen LogP contribution in [0.15, 0.2) is 0 Å². The number of carbonyl (C=O) groups excluding carboxylic acids is 5.